The van der Waals surface area contributed by atoms with Crippen LogP contribution in [0.25, 0.3) is 0 Å². The quantitative estimate of drug-likeness (QED) is 0.163. The topological polar surface area (TPSA) is 128 Å². The number of halogens is 1. The first-order valence-electron chi connectivity index (χ1n) is 12.0. The second-order valence-electron chi connectivity index (χ2n) is 9.41. The monoisotopic (exact) mass is 507 g/mol. The number of aliphatic carboxylic acids is 1. The van der Waals surface area contributed by atoms with Crippen molar-refractivity contribution in [2.45, 2.75) is 63.3 Å². The fourth-order valence-corrected chi connectivity index (χ4v) is 6.41. The molecule has 0 spiro atoms. The largest absolute Gasteiger partial charge is 0.477 e. The zero-order chi connectivity index (χ0) is 25.7. The number of nitrogens with zero attached hydrogens (tertiary/aromatic N) is 1. The molecule has 0 bridgehead atoms. The van der Waals surface area contributed by atoms with Crippen molar-refractivity contribution >= 4 is 24.0 Å². The van der Waals surface area contributed by atoms with Gasteiger partial charge in [-0.05, 0) is 31.0 Å². The number of carbonyl (C=O) groups excluding carboxylic acids is 1. The molecular formula is C25H36FN4O4S+. The lowest BCUT2D eigenvalue weighted by atomic mass is 9.89. The summed E-state index contributed by atoms with van der Waals surface area (Å²) in [6.07, 6.45) is 2.28. The minimum atomic E-state index is -1.07. The molecule has 2 aliphatic heterocycles. The van der Waals surface area contributed by atoms with Gasteiger partial charge in [-0.1, -0.05) is 19.1 Å². The summed E-state index contributed by atoms with van der Waals surface area (Å²) < 4.78 is 13.4. The normalized spacial score (nSPS) is 27.4. The molecule has 1 fully saturated rings. The van der Waals surface area contributed by atoms with Gasteiger partial charge in [-0.25, -0.2) is 9.18 Å². The lowest BCUT2D eigenvalue weighted by molar-refractivity contribution is -0.133. The van der Waals surface area contributed by atoms with Gasteiger partial charge in [-0.2, -0.15) is 0 Å². The van der Waals surface area contributed by atoms with Crippen molar-refractivity contribution in [2.24, 2.45) is 17.6 Å². The summed E-state index contributed by atoms with van der Waals surface area (Å²) in [7, 11) is 0. The summed E-state index contributed by atoms with van der Waals surface area (Å²) >= 11 is 1.53. The number of benzene rings is 1. The Morgan fingerprint density at radius 1 is 1.43 bits per heavy atom. The zero-order valence-corrected chi connectivity index (χ0v) is 21.2. The minimum Gasteiger partial charge on any atom is -0.477 e. The van der Waals surface area contributed by atoms with Crippen molar-refractivity contribution in [3.63, 3.8) is 0 Å². The molecule has 0 saturated carbocycles. The Labute approximate surface area is 210 Å². The summed E-state index contributed by atoms with van der Waals surface area (Å²) in [5.41, 5.74) is 7.13. The van der Waals surface area contributed by atoms with E-state index in [0.717, 1.165) is 18.5 Å². The lowest BCUT2D eigenvalue weighted by Gasteiger charge is -2.26. The molecular weight excluding hydrogens is 471 g/mol. The highest BCUT2D eigenvalue weighted by Gasteiger charge is 2.43. The number of rotatable bonds is 12. The number of nitrogens with one attached hydrogen (secondary N) is 2. The van der Waals surface area contributed by atoms with Crippen LogP contribution in [0, 0.1) is 24.1 Å². The molecule has 8 nitrogen and oxygen atoms in total. The molecule has 35 heavy (non-hydrogen) atoms. The molecule has 1 aromatic rings. The molecule has 2 heterocycles. The van der Waals surface area contributed by atoms with Crippen molar-refractivity contribution < 1.29 is 24.2 Å². The SMILES string of the molecule is C[CH+]C(N)NCC1CC(SC2=C(C(=O)O)NC(C(C=O)C(C)O)C2C)CN1Cc1ccc(F)cc1. The number of carboxylic acids is 1. The minimum absolute atomic E-state index is 0.106. The fraction of sp³-hybridized carbons (Fsp3) is 0.560. The Hall–Kier alpha value is -2.11. The van der Waals surface area contributed by atoms with Crippen LogP contribution in [0.1, 0.15) is 32.8 Å². The van der Waals surface area contributed by atoms with Gasteiger partial charge in [0, 0.05) is 47.8 Å². The van der Waals surface area contributed by atoms with Gasteiger partial charge in [-0.3, -0.25) is 16.0 Å². The third-order valence-electron chi connectivity index (χ3n) is 6.88. The van der Waals surface area contributed by atoms with Crippen LogP contribution in [0.4, 0.5) is 4.39 Å². The van der Waals surface area contributed by atoms with E-state index in [1.165, 1.54) is 23.9 Å². The number of thioether (sulfide) groups is 1. The van der Waals surface area contributed by atoms with Crippen LogP contribution >= 0.6 is 11.8 Å². The molecule has 10 heteroatoms. The molecule has 0 radical (unpaired) electrons. The van der Waals surface area contributed by atoms with Crippen LogP contribution in [0.3, 0.4) is 0 Å². The molecule has 7 unspecified atom stereocenters. The maximum absolute atomic E-state index is 13.4. The molecule has 0 aliphatic carbocycles. The summed E-state index contributed by atoms with van der Waals surface area (Å²) in [5.74, 6) is -2.29. The third-order valence-corrected chi connectivity index (χ3v) is 8.39. The van der Waals surface area contributed by atoms with Crippen LogP contribution in [-0.2, 0) is 16.1 Å². The Morgan fingerprint density at radius 3 is 2.69 bits per heavy atom. The Bertz CT molecular complexity index is 913. The summed E-state index contributed by atoms with van der Waals surface area (Å²) in [5, 5.41) is 26.3. The van der Waals surface area contributed by atoms with Crippen molar-refractivity contribution in [1.29, 1.82) is 0 Å². The number of aliphatic hydroxyl groups excluding tert-OH is 1. The van der Waals surface area contributed by atoms with Gasteiger partial charge in [-0.15, -0.1) is 11.8 Å². The molecule has 0 aromatic heterocycles. The Morgan fingerprint density at radius 2 is 2.11 bits per heavy atom. The first-order chi connectivity index (χ1) is 16.6. The van der Waals surface area contributed by atoms with Crippen LogP contribution in [-0.4, -0.2) is 70.1 Å². The number of carbonyl (C=O) groups is 2. The molecule has 3 rings (SSSR count). The predicted octanol–water partition coefficient (Wildman–Crippen LogP) is 1.70. The van der Waals surface area contributed by atoms with Crippen LogP contribution in [0.2, 0.25) is 0 Å². The predicted molar refractivity (Wildman–Crippen MR) is 135 cm³/mol. The van der Waals surface area contributed by atoms with E-state index in [0.29, 0.717) is 24.3 Å². The second-order valence-corrected chi connectivity index (χ2v) is 10.8. The highest BCUT2D eigenvalue weighted by molar-refractivity contribution is 8.03. The second kappa shape index (κ2) is 12.2. The standard InChI is InChI=1S/C25H35FN4O4S/c1-4-21(27)28-10-18-9-19(12-30(18)11-16-5-7-17(26)8-6-16)35-24-14(2)22(20(13-31)15(3)32)29-23(24)25(33)34/h4-8,13-15,18-22,28-29,32H,9-12,27H2,1-3H3/p+1. The number of carboxylic acid groups (broad SMARTS) is 1. The van der Waals surface area contributed by atoms with Gasteiger partial charge in [0.05, 0.1) is 18.9 Å². The molecule has 6 N–H and O–H groups in total. The molecule has 2 aliphatic rings. The molecule has 1 saturated heterocycles. The Kier molecular flexibility index (Phi) is 9.60. The summed E-state index contributed by atoms with van der Waals surface area (Å²) in [4.78, 5) is 26.6. The summed E-state index contributed by atoms with van der Waals surface area (Å²) in [6.45, 7) is 7.37. The first kappa shape index (κ1) is 27.5. The summed E-state index contributed by atoms with van der Waals surface area (Å²) in [6, 6.07) is 6.15. The van der Waals surface area contributed by atoms with Gasteiger partial charge in [0.25, 0.3) is 0 Å². The molecule has 0 amide bonds. The van der Waals surface area contributed by atoms with Gasteiger partial charge in [0.2, 0.25) is 6.17 Å². The van der Waals surface area contributed by atoms with E-state index in [1.54, 1.807) is 19.1 Å². The maximum Gasteiger partial charge on any atom is 0.352 e. The van der Waals surface area contributed by atoms with E-state index < -0.39 is 24.0 Å². The maximum atomic E-state index is 13.4. The number of hydrogen-bond acceptors (Lipinski definition) is 8. The number of likely N-dealkylation sites (tertiary alicyclic amines) is 1. The molecule has 192 valence electrons. The van der Waals surface area contributed by atoms with E-state index in [2.05, 4.69) is 15.5 Å². The smallest absolute Gasteiger partial charge is 0.352 e. The number of aliphatic hydroxyl groups is 1. The van der Waals surface area contributed by atoms with Gasteiger partial charge in [0.15, 0.2) is 0 Å². The molecule has 1 aromatic carbocycles. The van der Waals surface area contributed by atoms with E-state index in [1.807, 2.05) is 20.3 Å². The van der Waals surface area contributed by atoms with Crippen LogP contribution in [0.15, 0.2) is 34.9 Å². The van der Waals surface area contributed by atoms with Crippen LogP contribution in [0.5, 0.6) is 0 Å². The lowest BCUT2D eigenvalue weighted by Crippen LogP contribution is -2.45. The van der Waals surface area contributed by atoms with Crippen molar-refractivity contribution in [3.05, 3.63) is 52.7 Å². The average molecular weight is 508 g/mol. The van der Waals surface area contributed by atoms with Gasteiger partial charge >= 0.3 is 5.97 Å². The highest BCUT2D eigenvalue weighted by Crippen LogP contribution is 2.43. The first-order valence-corrected chi connectivity index (χ1v) is 12.8. The van der Waals surface area contributed by atoms with E-state index >= 15 is 0 Å². The van der Waals surface area contributed by atoms with E-state index in [9.17, 15) is 24.2 Å². The number of aldehydes is 1. The zero-order valence-electron chi connectivity index (χ0n) is 20.4. The van der Waals surface area contributed by atoms with Crippen LogP contribution < -0.4 is 16.4 Å². The average Bonchev–Trinajstić information content (AvgIpc) is 3.35. The Balaban J connectivity index is 1.76. The highest BCUT2D eigenvalue weighted by atomic mass is 32.2. The number of nitrogens with two attached hydrogens (primary N) is 1. The van der Waals surface area contributed by atoms with Crippen molar-refractivity contribution in [2.75, 3.05) is 13.1 Å². The number of hydrogen-bond donors (Lipinski definition) is 5. The van der Waals surface area contributed by atoms with Crippen molar-refractivity contribution in [1.82, 2.24) is 15.5 Å². The molecule has 7 atom stereocenters. The van der Waals surface area contributed by atoms with Crippen molar-refractivity contribution in [3.8, 4) is 0 Å². The van der Waals surface area contributed by atoms with Gasteiger partial charge in [0.1, 0.15) is 24.2 Å². The van der Waals surface area contributed by atoms with E-state index in [4.69, 9.17) is 5.73 Å². The fourth-order valence-electron chi connectivity index (χ4n) is 4.84. The van der Waals surface area contributed by atoms with Gasteiger partial charge < -0.3 is 20.3 Å². The third kappa shape index (κ3) is 6.77. The van der Waals surface area contributed by atoms with E-state index in [-0.39, 0.29) is 34.9 Å².